The average molecular weight is 275 g/mol. The van der Waals surface area contributed by atoms with Gasteiger partial charge < -0.3 is 16.0 Å². The third-order valence-electron chi connectivity index (χ3n) is 3.51. The maximum atomic E-state index is 12.1. The van der Waals surface area contributed by atoms with Crippen molar-refractivity contribution in [2.45, 2.75) is 6.42 Å². The van der Waals surface area contributed by atoms with Crippen molar-refractivity contribution < 1.29 is 4.79 Å². The van der Waals surface area contributed by atoms with E-state index in [2.05, 4.69) is 10.3 Å². The van der Waals surface area contributed by atoms with E-state index in [9.17, 15) is 4.79 Å². The number of fused-ring (bicyclic) bond motifs is 1. The van der Waals surface area contributed by atoms with Gasteiger partial charge in [0.05, 0.1) is 11.2 Å². The summed E-state index contributed by atoms with van der Waals surface area (Å²) >= 11 is 1.96. The molecular weight excluding hydrogens is 258 g/mol. The molecule has 0 saturated carbocycles. The number of nitrogen functional groups attached to an aromatic ring is 1. The predicted octanol–water partition coefficient (Wildman–Crippen LogP) is 2.23. The smallest absolute Gasteiger partial charge is 0.267 e. The molecule has 0 bridgehead atoms. The molecule has 1 saturated heterocycles. The number of thioether (sulfide) groups is 1. The lowest BCUT2D eigenvalue weighted by Gasteiger charge is -2.08. The van der Waals surface area contributed by atoms with E-state index in [4.69, 9.17) is 5.73 Å². The minimum atomic E-state index is -0.0486. The number of rotatable bonds is 3. The summed E-state index contributed by atoms with van der Waals surface area (Å²) in [6.07, 6.45) is 1.20. The third-order valence-corrected chi connectivity index (χ3v) is 4.74. The quantitative estimate of drug-likeness (QED) is 0.752. The van der Waals surface area contributed by atoms with Crippen molar-refractivity contribution in [3.63, 3.8) is 0 Å². The molecule has 1 aromatic carbocycles. The van der Waals surface area contributed by atoms with Gasteiger partial charge in [0, 0.05) is 11.9 Å². The number of nitrogens with two attached hydrogens (primary N) is 1. The number of carbonyl (C=O) groups excluding carboxylic acids is 1. The molecule has 1 aliphatic rings. The van der Waals surface area contributed by atoms with Gasteiger partial charge in [0.2, 0.25) is 0 Å². The first-order chi connectivity index (χ1) is 9.24. The number of nitrogens with one attached hydrogen (secondary N) is 2. The molecule has 1 fully saturated rings. The van der Waals surface area contributed by atoms with Gasteiger partial charge in [-0.1, -0.05) is 12.1 Å². The molecule has 1 amide bonds. The predicted molar refractivity (Wildman–Crippen MR) is 80.5 cm³/mol. The Hall–Kier alpha value is -1.62. The highest BCUT2D eigenvalue weighted by Gasteiger charge is 2.17. The molecule has 1 aromatic heterocycles. The summed E-state index contributed by atoms with van der Waals surface area (Å²) in [5, 5.41) is 3.97. The summed E-state index contributed by atoms with van der Waals surface area (Å²) in [7, 11) is 0. The highest BCUT2D eigenvalue weighted by Crippen LogP contribution is 2.23. The van der Waals surface area contributed by atoms with Gasteiger partial charge in [-0.15, -0.1) is 0 Å². The van der Waals surface area contributed by atoms with Crippen LogP contribution in [-0.2, 0) is 0 Å². The molecule has 1 unspecified atom stereocenters. The Morgan fingerprint density at radius 1 is 1.53 bits per heavy atom. The second kappa shape index (κ2) is 5.17. The molecule has 5 heteroatoms. The number of carbonyl (C=O) groups is 1. The van der Waals surface area contributed by atoms with Crippen LogP contribution in [0.1, 0.15) is 16.9 Å². The van der Waals surface area contributed by atoms with E-state index < -0.39 is 0 Å². The Labute approximate surface area is 116 Å². The Kier molecular flexibility index (Phi) is 3.38. The highest BCUT2D eigenvalue weighted by molar-refractivity contribution is 7.99. The summed E-state index contributed by atoms with van der Waals surface area (Å²) in [4.78, 5) is 15.2. The third kappa shape index (κ3) is 2.56. The van der Waals surface area contributed by atoms with E-state index >= 15 is 0 Å². The Bertz CT molecular complexity index is 602. The van der Waals surface area contributed by atoms with Crippen LogP contribution in [-0.4, -0.2) is 28.9 Å². The van der Waals surface area contributed by atoms with Crippen molar-refractivity contribution in [3.05, 3.63) is 30.0 Å². The summed E-state index contributed by atoms with van der Waals surface area (Å²) in [5.74, 6) is 2.93. The summed E-state index contributed by atoms with van der Waals surface area (Å²) in [5.41, 5.74) is 7.97. The topological polar surface area (TPSA) is 70.9 Å². The minimum absolute atomic E-state index is 0.0486. The molecule has 2 heterocycles. The highest BCUT2D eigenvalue weighted by atomic mass is 32.2. The van der Waals surface area contributed by atoms with Crippen LogP contribution in [0, 0.1) is 5.92 Å². The van der Waals surface area contributed by atoms with Gasteiger partial charge in [0.15, 0.2) is 0 Å². The lowest BCUT2D eigenvalue weighted by molar-refractivity contribution is 0.0944. The van der Waals surface area contributed by atoms with Crippen LogP contribution in [0.5, 0.6) is 0 Å². The summed E-state index contributed by atoms with van der Waals surface area (Å²) in [6, 6.07) is 7.52. The van der Waals surface area contributed by atoms with Gasteiger partial charge in [0.1, 0.15) is 5.69 Å². The standard InChI is InChI=1S/C14H17N3OS/c15-11-3-1-2-10-6-12(17-13(10)11)14(18)16-7-9-4-5-19-8-9/h1-3,6,9,17H,4-5,7-8,15H2,(H,16,18). The van der Waals surface area contributed by atoms with E-state index in [1.165, 1.54) is 12.2 Å². The zero-order valence-corrected chi connectivity index (χ0v) is 11.4. The largest absolute Gasteiger partial charge is 0.397 e. The summed E-state index contributed by atoms with van der Waals surface area (Å²) in [6.45, 7) is 0.761. The van der Waals surface area contributed by atoms with Crippen LogP contribution in [0.25, 0.3) is 10.9 Å². The number of para-hydroxylation sites is 1. The number of aromatic nitrogens is 1. The monoisotopic (exact) mass is 275 g/mol. The molecule has 1 atom stereocenters. The maximum Gasteiger partial charge on any atom is 0.267 e. The number of hydrogen-bond acceptors (Lipinski definition) is 3. The zero-order valence-electron chi connectivity index (χ0n) is 10.6. The molecule has 2 aromatic rings. The van der Waals surface area contributed by atoms with Crippen LogP contribution in [0.3, 0.4) is 0 Å². The Morgan fingerprint density at radius 3 is 3.16 bits per heavy atom. The van der Waals surface area contributed by atoms with E-state index in [1.807, 2.05) is 36.0 Å². The molecule has 4 N–H and O–H groups in total. The first-order valence-corrected chi connectivity index (χ1v) is 7.62. The van der Waals surface area contributed by atoms with E-state index in [0.29, 0.717) is 17.3 Å². The molecule has 0 spiro atoms. The van der Waals surface area contributed by atoms with Crippen molar-refractivity contribution in [2.24, 2.45) is 5.92 Å². The zero-order chi connectivity index (χ0) is 13.2. The SMILES string of the molecule is Nc1cccc2cc(C(=O)NCC3CCSC3)[nH]c12. The van der Waals surface area contributed by atoms with E-state index in [1.54, 1.807) is 0 Å². The van der Waals surface area contributed by atoms with Crippen molar-refractivity contribution in [1.82, 2.24) is 10.3 Å². The minimum Gasteiger partial charge on any atom is -0.397 e. The Morgan fingerprint density at radius 2 is 2.42 bits per heavy atom. The van der Waals surface area contributed by atoms with Gasteiger partial charge in [-0.05, 0) is 36.0 Å². The molecule has 1 aliphatic heterocycles. The van der Waals surface area contributed by atoms with Gasteiger partial charge in [-0.25, -0.2) is 0 Å². The number of H-pyrrole nitrogens is 1. The maximum absolute atomic E-state index is 12.1. The van der Waals surface area contributed by atoms with Crippen LogP contribution in [0.15, 0.2) is 24.3 Å². The van der Waals surface area contributed by atoms with Gasteiger partial charge >= 0.3 is 0 Å². The van der Waals surface area contributed by atoms with Crippen LogP contribution >= 0.6 is 11.8 Å². The summed E-state index contributed by atoms with van der Waals surface area (Å²) < 4.78 is 0. The van der Waals surface area contributed by atoms with Crippen molar-refractivity contribution in [3.8, 4) is 0 Å². The normalized spacial score (nSPS) is 18.8. The van der Waals surface area contributed by atoms with Crippen molar-refractivity contribution >= 4 is 34.3 Å². The first-order valence-electron chi connectivity index (χ1n) is 6.47. The number of anilines is 1. The van der Waals surface area contributed by atoms with E-state index in [0.717, 1.165) is 23.2 Å². The fourth-order valence-corrected chi connectivity index (χ4v) is 3.66. The molecule has 100 valence electrons. The fraction of sp³-hybridized carbons (Fsp3) is 0.357. The second-order valence-corrected chi connectivity index (χ2v) is 6.08. The lowest BCUT2D eigenvalue weighted by atomic mass is 10.1. The molecule has 19 heavy (non-hydrogen) atoms. The lowest BCUT2D eigenvalue weighted by Crippen LogP contribution is -2.29. The fourth-order valence-electron chi connectivity index (χ4n) is 2.38. The Balaban J connectivity index is 1.72. The molecule has 0 radical (unpaired) electrons. The number of aromatic amines is 1. The van der Waals surface area contributed by atoms with Crippen molar-refractivity contribution in [1.29, 1.82) is 0 Å². The van der Waals surface area contributed by atoms with Gasteiger partial charge in [-0.2, -0.15) is 11.8 Å². The molecule has 4 nitrogen and oxygen atoms in total. The second-order valence-electron chi connectivity index (χ2n) is 4.93. The van der Waals surface area contributed by atoms with Crippen LogP contribution < -0.4 is 11.1 Å². The number of hydrogen-bond donors (Lipinski definition) is 3. The van der Waals surface area contributed by atoms with Crippen LogP contribution in [0.2, 0.25) is 0 Å². The molecule has 3 rings (SSSR count). The number of benzene rings is 1. The molecule has 0 aliphatic carbocycles. The van der Waals surface area contributed by atoms with Crippen molar-refractivity contribution in [2.75, 3.05) is 23.8 Å². The van der Waals surface area contributed by atoms with Gasteiger partial charge in [0.25, 0.3) is 5.91 Å². The molecular formula is C14H17N3OS. The first kappa shape index (κ1) is 12.4. The van der Waals surface area contributed by atoms with Gasteiger partial charge in [-0.3, -0.25) is 4.79 Å². The average Bonchev–Trinajstić information content (AvgIpc) is 3.05. The van der Waals surface area contributed by atoms with E-state index in [-0.39, 0.29) is 5.91 Å². The van der Waals surface area contributed by atoms with Crippen LogP contribution in [0.4, 0.5) is 5.69 Å². The number of amides is 1.